The molecule has 0 saturated heterocycles. The maximum absolute atomic E-state index is 13.4. The Hall–Kier alpha value is -1.62. The minimum Gasteiger partial charge on any atom is -0.444 e. The molecule has 0 saturated carbocycles. The van der Waals surface area contributed by atoms with E-state index < -0.39 is 23.3 Å². The molecule has 0 unspecified atom stereocenters. The standard InChI is InChI=1S/C13H15ClFNO3/c1-13(2,3)19-12(18)16-7-11(17)9-5-4-8(14)6-10(9)15/h4-6H,7H2,1-3H3,(H,16,18). The fourth-order valence-corrected chi connectivity index (χ4v) is 1.44. The predicted molar refractivity (Wildman–Crippen MR) is 70.0 cm³/mol. The second kappa shape index (κ2) is 6.02. The minimum absolute atomic E-state index is 0.125. The van der Waals surface area contributed by atoms with Crippen molar-refractivity contribution in [2.45, 2.75) is 26.4 Å². The van der Waals surface area contributed by atoms with Gasteiger partial charge in [-0.15, -0.1) is 0 Å². The van der Waals surface area contributed by atoms with Crippen LogP contribution >= 0.6 is 11.6 Å². The minimum atomic E-state index is -0.727. The van der Waals surface area contributed by atoms with Gasteiger partial charge in [-0.05, 0) is 39.0 Å². The molecule has 1 aromatic carbocycles. The van der Waals surface area contributed by atoms with Gasteiger partial charge in [0.25, 0.3) is 0 Å². The lowest BCUT2D eigenvalue weighted by Gasteiger charge is -2.19. The first-order valence-electron chi connectivity index (χ1n) is 5.64. The van der Waals surface area contributed by atoms with Gasteiger partial charge in [0, 0.05) is 5.02 Å². The first-order valence-corrected chi connectivity index (χ1v) is 6.02. The van der Waals surface area contributed by atoms with E-state index in [-0.39, 0.29) is 17.1 Å². The number of rotatable bonds is 3. The number of nitrogens with one attached hydrogen (secondary N) is 1. The van der Waals surface area contributed by atoms with Crippen LogP contribution in [0.3, 0.4) is 0 Å². The van der Waals surface area contributed by atoms with E-state index in [1.165, 1.54) is 12.1 Å². The van der Waals surface area contributed by atoms with Crippen LogP contribution in [0.25, 0.3) is 0 Å². The molecule has 1 amide bonds. The van der Waals surface area contributed by atoms with E-state index in [1.807, 2.05) is 0 Å². The van der Waals surface area contributed by atoms with Gasteiger partial charge in [0.15, 0.2) is 5.78 Å². The van der Waals surface area contributed by atoms with E-state index >= 15 is 0 Å². The molecule has 0 radical (unpaired) electrons. The largest absolute Gasteiger partial charge is 0.444 e. The third-order valence-electron chi connectivity index (χ3n) is 2.02. The number of Topliss-reactive ketones (excluding diaryl/α,β-unsaturated/α-hetero) is 1. The molecule has 0 aliphatic heterocycles. The van der Waals surface area contributed by atoms with Crippen molar-refractivity contribution in [3.8, 4) is 0 Å². The monoisotopic (exact) mass is 287 g/mol. The van der Waals surface area contributed by atoms with Crippen molar-refractivity contribution < 1.29 is 18.7 Å². The molecule has 0 aliphatic rings. The van der Waals surface area contributed by atoms with Crippen LogP contribution < -0.4 is 5.32 Å². The molecule has 4 nitrogen and oxygen atoms in total. The van der Waals surface area contributed by atoms with Gasteiger partial charge in [-0.3, -0.25) is 4.79 Å². The topological polar surface area (TPSA) is 55.4 Å². The summed E-state index contributed by atoms with van der Waals surface area (Å²) in [6.45, 7) is 4.77. The average Bonchev–Trinajstić information content (AvgIpc) is 2.23. The highest BCUT2D eigenvalue weighted by molar-refractivity contribution is 6.30. The number of alkyl carbamates (subject to hydrolysis) is 1. The van der Waals surface area contributed by atoms with Crippen LogP contribution in [0.2, 0.25) is 5.02 Å². The maximum Gasteiger partial charge on any atom is 0.408 e. The van der Waals surface area contributed by atoms with E-state index in [4.69, 9.17) is 16.3 Å². The Morgan fingerprint density at radius 2 is 2.00 bits per heavy atom. The van der Waals surface area contributed by atoms with Crippen molar-refractivity contribution in [2.75, 3.05) is 6.54 Å². The molecule has 0 bridgehead atoms. The SMILES string of the molecule is CC(C)(C)OC(=O)NCC(=O)c1ccc(Cl)cc1F. The molecule has 0 spiro atoms. The summed E-state index contributed by atoms with van der Waals surface area (Å²) in [5.41, 5.74) is -0.779. The van der Waals surface area contributed by atoms with Gasteiger partial charge in [-0.2, -0.15) is 0 Å². The van der Waals surface area contributed by atoms with Crippen LogP contribution in [0.1, 0.15) is 31.1 Å². The molecule has 1 aromatic rings. The second-order valence-electron chi connectivity index (χ2n) is 4.90. The van der Waals surface area contributed by atoms with Gasteiger partial charge in [0.1, 0.15) is 11.4 Å². The van der Waals surface area contributed by atoms with Crippen LogP contribution in [0, 0.1) is 5.82 Å². The van der Waals surface area contributed by atoms with E-state index in [1.54, 1.807) is 20.8 Å². The fourth-order valence-electron chi connectivity index (χ4n) is 1.28. The number of ether oxygens (including phenoxy) is 1. The van der Waals surface area contributed by atoms with Crippen molar-refractivity contribution in [2.24, 2.45) is 0 Å². The molecule has 19 heavy (non-hydrogen) atoms. The molecular formula is C13H15ClFNO3. The molecule has 0 aromatic heterocycles. The number of carbonyl (C=O) groups is 2. The lowest BCUT2D eigenvalue weighted by atomic mass is 10.1. The Balaban J connectivity index is 2.59. The normalized spacial score (nSPS) is 11.0. The van der Waals surface area contributed by atoms with Crippen molar-refractivity contribution >= 4 is 23.5 Å². The smallest absolute Gasteiger partial charge is 0.408 e. The predicted octanol–water partition coefficient (Wildman–Crippen LogP) is 3.19. The van der Waals surface area contributed by atoms with Crippen LogP contribution in [-0.2, 0) is 4.74 Å². The maximum atomic E-state index is 13.4. The van der Waals surface area contributed by atoms with E-state index in [0.29, 0.717) is 0 Å². The molecular weight excluding hydrogens is 273 g/mol. The van der Waals surface area contributed by atoms with E-state index in [9.17, 15) is 14.0 Å². The summed E-state index contributed by atoms with van der Waals surface area (Å²) in [6, 6.07) is 3.73. The van der Waals surface area contributed by atoms with Gasteiger partial charge in [-0.1, -0.05) is 11.6 Å². The molecule has 104 valence electrons. The van der Waals surface area contributed by atoms with Gasteiger partial charge in [-0.25, -0.2) is 9.18 Å². The lowest BCUT2D eigenvalue weighted by molar-refractivity contribution is 0.0520. The Bertz CT molecular complexity index is 497. The van der Waals surface area contributed by atoms with E-state index in [0.717, 1.165) is 6.07 Å². The number of amides is 1. The summed E-state index contributed by atoms with van der Waals surface area (Å²) >= 11 is 5.58. The Labute approximate surface area is 115 Å². The zero-order valence-corrected chi connectivity index (χ0v) is 11.7. The number of halogens is 2. The highest BCUT2D eigenvalue weighted by Crippen LogP contribution is 2.15. The molecule has 0 aliphatic carbocycles. The van der Waals surface area contributed by atoms with Crippen LogP contribution in [-0.4, -0.2) is 24.0 Å². The molecule has 1 rings (SSSR count). The first kappa shape index (κ1) is 15.4. The van der Waals surface area contributed by atoms with Crippen molar-refractivity contribution in [1.82, 2.24) is 5.32 Å². The van der Waals surface area contributed by atoms with Crippen LogP contribution in [0.15, 0.2) is 18.2 Å². The van der Waals surface area contributed by atoms with Gasteiger partial charge in [0.05, 0.1) is 12.1 Å². The number of ketones is 1. The number of hydrogen-bond acceptors (Lipinski definition) is 3. The zero-order valence-electron chi connectivity index (χ0n) is 10.9. The van der Waals surface area contributed by atoms with Gasteiger partial charge < -0.3 is 10.1 Å². The average molecular weight is 288 g/mol. The van der Waals surface area contributed by atoms with Crippen LogP contribution in [0.4, 0.5) is 9.18 Å². The molecule has 0 fully saturated rings. The summed E-state index contributed by atoms with van der Waals surface area (Å²) in [4.78, 5) is 23.0. The Morgan fingerprint density at radius 1 is 1.37 bits per heavy atom. The van der Waals surface area contributed by atoms with Gasteiger partial charge in [0.2, 0.25) is 0 Å². The lowest BCUT2D eigenvalue weighted by Crippen LogP contribution is -2.35. The molecule has 0 atom stereocenters. The summed E-state index contributed by atoms with van der Waals surface area (Å²) in [6.07, 6.45) is -0.727. The quantitative estimate of drug-likeness (QED) is 0.869. The molecule has 0 heterocycles. The van der Waals surface area contributed by atoms with Crippen LogP contribution in [0.5, 0.6) is 0 Å². The number of carbonyl (C=O) groups excluding carboxylic acids is 2. The summed E-state index contributed by atoms with van der Waals surface area (Å²) < 4.78 is 18.4. The summed E-state index contributed by atoms with van der Waals surface area (Å²) in [7, 11) is 0. The van der Waals surface area contributed by atoms with Crippen molar-refractivity contribution in [3.63, 3.8) is 0 Å². The molecule has 1 N–H and O–H groups in total. The summed E-state index contributed by atoms with van der Waals surface area (Å²) in [5.74, 6) is -1.27. The summed E-state index contributed by atoms with van der Waals surface area (Å²) in [5, 5.41) is 2.47. The Kier molecular flexibility index (Phi) is 4.89. The Morgan fingerprint density at radius 3 is 2.53 bits per heavy atom. The number of hydrogen-bond donors (Lipinski definition) is 1. The van der Waals surface area contributed by atoms with Crippen molar-refractivity contribution in [3.05, 3.63) is 34.6 Å². The fraction of sp³-hybridized carbons (Fsp3) is 0.385. The first-order chi connectivity index (χ1) is 8.69. The molecule has 6 heteroatoms. The number of benzene rings is 1. The third-order valence-corrected chi connectivity index (χ3v) is 2.26. The van der Waals surface area contributed by atoms with Crippen molar-refractivity contribution in [1.29, 1.82) is 0 Å². The highest BCUT2D eigenvalue weighted by atomic mass is 35.5. The second-order valence-corrected chi connectivity index (χ2v) is 5.34. The zero-order chi connectivity index (χ0) is 14.6. The highest BCUT2D eigenvalue weighted by Gasteiger charge is 2.18. The van der Waals surface area contributed by atoms with Gasteiger partial charge >= 0.3 is 6.09 Å². The third kappa shape index (κ3) is 5.26. The van der Waals surface area contributed by atoms with E-state index in [2.05, 4.69) is 5.32 Å².